The number of urea groups is 1. The first-order valence-electron chi connectivity index (χ1n) is 29.2. The van der Waals surface area contributed by atoms with Crippen molar-refractivity contribution >= 4 is 103 Å². The molecule has 0 aliphatic carbocycles. The highest BCUT2D eigenvalue weighted by molar-refractivity contribution is 7.22. The second-order valence-electron chi connectivity index (χ2n) is 22.4. The van der Waals surface area contributed by atoms with E-state index in [2.05, 4.69) is 70.4 Å². The molecule has 8 N–H and O–H groups in total. The second-order valence-corrected chi connectivity index (χ2v) is 24.5. The van der Waals surface area contributed by atoms with E-state index < -0.39 is 71.5 Å². The van der Waals surface area contributed by atoms with Crippen molar-refractivity contribution in [1.29, 1.82) is 0 Å². The van der Waals surface area contributed by atoms with Crippen molar-refractivity contribution in [2.75, 3.05) is 62.0 Å². The van der Waals surface area contributed by atoms with E-state index in [1.165, 1.54) is 58.9 Å². The number of alkyl carbamates (subject to hydrolysis) is 1. The number of para-hydroxylation sites is 1. The number of rotatable bonds is 26. The lowest BCUT2D eigenvalue weighted by atomic mass is 10.0. The van der Waals surface area contributed by atoms with E-state index in [0.717, 1.165) is 39.1 Å². The molecule has 0 saturated carbocycles. The van der Waals surface area contributed by atoms with Gasteiger partial charge in [-0.25, -0.2) is 38.3 Å². The zero-order valence-corrected chi connectivity index (χ0v) is 53.5. The molecule has 3 aromatic heterocycles. The summed E-state index contributed by atoms with van der Waals surface area (Å²) in [6.07, 6.45) is 10.9. The molecule has 3 aromatic carbocycles. The molecule has 1 aliphatic rings. The Kier molecular flexibility index (Phi) is 24.4. The maximum Gasteiger partial charge on any atom is 0.411 e. The molecule has 1 aliphatic heterocycles. The molecule has 92 heavy (non-hydrogen) atoms. The van der Waals surface area contributed by atoms with Crippen molar-refractivity contribution in [3.8, 4) is 42.3 Å². The van der Waals surface area contributed by atoms with Crippen LogP contribution in [-0.2, 0) is 49.8 Å². The maximum absolute atomic E-state index is 15.4. The van der Waals surface area contributed by atoms with Gasteiger partial charge < -0.3 is 66.2 Å². The lowest BCUT2D eigenvalue weighted by Gasteiger charge is -2.28. The van der Waals surface area contributed by atoms with Crippen LogP contribution in [0.15, 0.2) is 60.7 Å². The minimum Gasteiger partial charge on any atom is -0.491 e. The minimum atomic E-state index is -1.21. The number of aromatic nitrogens is 4. The van der Waals surface area contributed by atoms with E-state index in [9.17, 15) is 38.7 Å². The number of carbonyl (C=O) groups is 7. The third-order valence-electron chi connectivity index (χ3n) is 13.9. The van der Waals surface area contributed by atoms with E-state index in [1.807, 2.05) is 36.1 Å². The van der Waals surface area contributed by atoms with Gasteiger partial charge in [0.25, 0.3) is 0 Å². The van der Waals surface area contributed by atoms with E-state index in [4.69, 9.17) is 37.5 Å². The van der Waals surface area contributed by atoms with Gasteiger partial charge in [0.15, 0.2) is 45.8 Å². The quantitative estimate of drug-likeness (QED) is 0.0151. The third kappa shape index (κ3) is 19.6. The molecule has 7 amide bonds. The van der Waals surface area contributed by atoms with Crippen LogP contribution in [0.1, 0.15) is 103 Å². The molecule has 484 valence electrons. The molecule has 0 saturated heterocycles. The molecule has 2 atom stereocenters. The highest BCUT2D eigenvalue weighted by atomic mass is 32.1. The van der Waals surface area contributed by atoms with Crippen LogP contribution in [0.4, 0.5) is 51.2 Å². The summed E-state index contributed by atoms with van der Waals surface area (Å²) in [4.78, 5) is 105. The highest BCUT2D eigenvalue weighted by Gasteiger charge is 2.32. The van der Waals surface area contributed by atoms with Gasteiger partial charge in [-0.05, 0) is 126 Å². The number of halogens is 1. The summed E-state index contributed by atoms with van der Waals surface area (Å²) in [5, 5.41) is 34.2. The molecule has 4 heterocycles. The number of carboxylic acid groups (broad SMARTS) is 1. The number of primary amides is 1. The number of aryl methyl sites for hydroxylation is 1. The first-order valence-corrected chi connectivity index (χ1v) is 30.9. The number of fused-ring (bicyclic) bond motifs is 2. The van der Waals surface area contributed by atoms with Crippen LogP contribution in [-0.4, -0.2) is 141 Å². The van der Waals surface area contributed by atoms with Crippen LogP contribution in [0.25, 0.3) is 10.2 Å². The van der Waals surface area contributed by atoms with Gasteiger partial charge in [0, 0.05) is 47.4 Å². The van der Waals surface area contributed by atoms with Gasteiger partial charge in [-0.1, -0.05) is 67.1 Å². The van der Waals surface area contributed by atoms with Crippen LogP contribution in [0.2, 0.25) is 0 Å². The molecule has 0 fully saturated rings. The topological polar surface area (TPSA) is 324 Å². The fraction of sp³-hybridized carbons (Fsp3) is 0.391. The van der Waals surface area contributed by atoms with E-state index in [-0.39, 0.29) is 81.5 Å². The molecule has 7 rings (SSSR count). The number of ether oxygens (including phenoxy) is 4. The fourth-order valence-corrected chi connectivity index (χ4v) is 11.3. The zero-order chi connectivity index (χ0) is 66.6. The number of nitrogens with zero attached hydrogens (tertiary/aromatic N) is 7. The molecule has 25 nitrogen and oxygen atoms in total. The summed E-state index contributed by atoms with van der Waals surface area (Å²) in [6.45, 7) is 9.82. The zero-order valence-electron chi connectivity index (χ0n) is 51.9. The second kappa shape index (κ2) is 32.5. The van der Waals surface area contributed by atoms with Gasteiger partial charge in [-0.15, -0.1) is 34.4 Å². The van der Waals surface area contributed by atoms with E-state index in [1.54, 1.807) is 46.8 Å². The predicted molar refractivity (Wildman–Crippen MR) is 345 cm³/mol. The average molecular weight is 1300 g/mol. The number of nitrogens with one attached hydrogen (secondary N) is 5. The van der Waals surface area contributed by atoms with Gasteiger partial charge in [0.05, 0.1) is 36.5 Å². The summed E-state index contributed by atoms with van der Waals surface area (Å²) in [7, 11) is 1.44. The number of anilines is 5. The van der Waals surface area contributed by atoms with Crippen LogP contribution < -0.4 is 42.0 Å². The number of amides is 7. The highest BCUT2D eigenvalue weighted by Crippen LogP contribution is 2.39. The number of hydrogen-bond acceptors (Lipinski definition) is 19. The number of carboxylic acids is 1. The van der Waals surface area contributed by atoms with E-state index >= 15 is 4.39 Å². The molecule has 0 bridgehead atoms. The summed E-state index contributed by atoms with van der Waals surface area (Å²) < 4.78 is 38.4. The normalized spacial score (nSPS) is 12.3. The van der Waals surface area contributed by atoms with Crippen molar-refractivity contribution in [3.05, 3.63) is 105 Å². The Bertz CT molecular complexity index is 3810. The SMILES string of the molecule is C#CCOC(=O)N(CC#C)Cc1cc(NC(=O)C(CCCNC(N)=O)NC(=O)[C@@H](NC(=O)OC(C)(C)C)C(C)C)ccc1COC(=O)N(C)CC#Cc1ccc(OCCCc2sc(N3CCCc4c3nnc(Nc3nc5ccccc5s3)c4C)nc2C(=O)O)c(F)c1. The molecule has 28 heteroatoms. The summed E-state index contributed by atoms with van der Waals surface area (Å²) in [5.41, 5.74) is 8.30. The number of aromatic carboxylic acids is 1. The number of nitrogens with two attached hydrogens (primary N) is 1. The smallest absolute Gasteiger partial charge is 0.411 e. The Morgan fingerprint density at radius 1 is 0.913 bits per heavy atom. The molecule has 6 aromatic rings. The van der Waals surface area contributed by atoms with Crippen molar-refractivity contribution in [3.63, 3.8) is 0 Å². The van der Waals surface area contributed by atoms with Crippen molar-refractivity contribution < 1.29 is 62.0 Å². The predicted octanol–water partition coefficient (Wildman–Crippen LogP) is 8.77. The summed E-state index contributed by atoms with van der Waals surface area (Å²) in [5.74, 6) is 7.78. The Balaban J connectivity index is 0.952. The van der Waals surface area contributed by atoms with Crippen molar-refractivity contribution in [2.24, 2.45) is 11.7 Å². The van der Waals surface area contributed by atoms with Crippen LogP contribution in [0.5, 0.6) is 5.75 Å². The van der Waals surface area contributed by atoms with Crippen LogP contribution in [0.3, 0.4) is 0 Å². The number of thiazole rings is 2. The Hall–Kier alpha value is -10.2. The Morgan fingerprint density at radius 2 is 1.70 bits per heavy atom. The van der Waals surface area contributed by atoms with Crippen molar-refractivity contribution in [1.82, 2.24) is 45.9 Å². The fourth-order valence-electron chi connectivity index (χ4n) is 9.32. The van der Waals surface area contributed by atoms with Crippen LogP contribution >= 0.6 is 22.7 Å². The lowest BCUT2D eigenvalue weighted by molar-refractivity contribution is -0.128. The molecular weight excluding hydrogens is 1230 g/mol. The van der Waals surface area contributed by atoms with Crippen molar-refractivity contribution in [2.45, 2.75) is 111 Å². The number of hydrogen-bond donors (Lipinski definition) is 7. The summed E-state index contributed by atoms with van der Waals surface area (Å²) in [6, 6.07) is 13.5. The minimum absolute atomic E-state index is 0.0172. The molecule has 0 radical (unpaired) electrons. The first-order chi connectivity index (χ1) is 43.9. The molecule has 1 unspecified atom stereocenters. The van der Waals surface area contributed by atoms with Crippen LogP contribution in [0, 0.1) is 55.2 Å². The monoisotopic (exact) mass is 1300 g/mol. The summed E-state index contributed by atoms with van der Waals surface area (Å²) >= 11 is 2.77. The maximum atomic E-state index is 15.4. The van der Waals surface area contributed by atoms with Gasteiger partial charge in [-0.3, -0.25) is 14.5 Å². The number of benzene rings is 3. The van der Waals surface area contributed by atoms with Gasteiger partial charge in [-0.2, -0.15) is 0 Å². The van der Waals surface area contributed by atoms with Gasteiger partial charge >= 0.3 is 30.3 Å². The molecular formula is C64H72FN13O12S2. The Labute approximate surface area is 539 Å². The number of terminal acetylenes is 2. The van der Waals surface area contributed by atoms with Gasteiger partial charge in [0.1, 0.15) is 24.3 Å². The Morgan fingerprint density at radius 3 is 2.40 bits per heavy atom. The van der Waals surface area contributed by atoms with Gasteiger partial charge in [0.2, 0.25) is 11.8 Å². The third-order valence-corrected chi connectivity index (χ3v) is 15.9. The molecule has 0 spiro atoms. The number of carbonyl (C=O) groups excluding carboxylic acids is 6. The van der Waals surface area contributed by atoms with E-state index in [0.29, 0.717) is 57.3 Å². The first kappa shape index (κ1) is 69.2. The average Bonchev–Trinajstić information content (AvgIpc) is 1.41. The largest absolute Gasteiger partial charge is 0.491 e. The standard InChI is InChI=1S/C64H72FN13O12S2/c1-10-29-77(63(86)88-32-11-2)36-42-35-43(68-55(79)47(21-14-28-67-58(66)83)69-56(80)51(38(3)4)72-61(84)90-64(6,7)8)26-25-41(42)37-89-62(85)76(9)30-15-18-40-24-27-48(45(65)34-40)87-33-17-23-50-52(57(81)82)71-60(92-50)78-31-16-19-44-39(5)53(74-75-54(44)78)73-59-70-46-20-12-13-22-49(46)91-59/h1-2,12-13,20,22,24-27,34-35,38,47,51H,14,16-17,19,21,23,28-33,36-37H2,3-9H3,(H,68,79)(H,69,80)(H,72,84)(H,81,82)(H3,66,67,83)(H,70,73,74)/t47?,51-/m0/s1. The lowest BCUT2D eigenvalue weighted by Crippen LogP contribution is -2.55.